The van der Waals surface area contributed by atoms with Gasteiger partial charge in [0.1, 0.15) is 35.2 Å². The predicted octanol–water partition coefficient (Wildman–Crippen LogP) is 5.95. The molecule has 0 aromatic heterocycles. The third-order valence-electron chi connectivity index (χ3n) is 6.98. The zero-order valence-electron chi connectivity index (χ0n) is 29.1. The van der Waals surface area contributed by atoms with Crippen molar-refractivity contribution in [2.45, 2.75) is 38.9 Å². The van der Waals surface area contributed by atoms with Crippen LogP contribution in [0.1, 0.15) is 65.2 Å². The van der Waals surface area contributed by atoms with Gasteiger partial charge in [-0.1, -0.05) is 13.2 Å². The average Bonchev–Trinajstić information content (AvgIpc) is 3.16. The topological polar surface area (TPSA) is 162 Å². The summed E-state index contributed by atoms with van der Waals surface area (Å²) in [5, 5.41) is 10.9. The van der Waals surface area contributed by atoms with E-state index in [2.05, 4.69) is 13.2 Å². The lowest BCUT2D eigenvalue weighted by Crippen LogP contribution is -2.15. The van der Waals surface area contributed by atoms with Crippen LogP contribution in [0, 0.1) is 0 Å². The fourth-order valence-electron chi connectivity index (χ4n) is 4.27. The highest BCUT2D eigenvalue weighted by molar-refractivity contribution is 5.94. The maximum Gasteiger partial charge on any atom is 0.343 e. The summed E-state index contributed by atoms with van der Waals surface area (Å²) in [6.45, 7) is 10.4. The van der Waals surface area contributed by atoms with Crippen molar-refractivity contribution in [2.75, 3.05) is 46.2 Å². The van der Waals surface area contributed by atoms with Gasteiger partial charge >= 0.3 is 23.9 Å². The minimum absolute atomic E-state index is 0.00782. The first-order chi connectivity index (χ1) is 25.2. The van der Waals surface area contributed by atoms with Crippen LogP contribution in [0.3, 0.4) is 0 Å². The largest absolute Gasteiger partial charge is 0.494 e. The SMILES string of the molecule is C=CC(=O)OCCCCOc1ccc(C(=O)Oc2ccc(OC(O)c3ccc(OCCCCOC(=O)C=C)cc3)c(C(=O)OCCOCC)c2)cc1. The predicted molar refractivity (Wildman–Crippen MR) is 188 cm³/mol. The average molecular weight is 721 g/mol. The van der Waals surface area contributed by atoms with Crippen molar-refractivity contribution >= 4 is 23.9 Å². The van der Waals surface area contributed by atoms with E-state index in [4.69, 9.17) is 37.9 Å². The van der Waals surface area contributed by atoms with Crippen LogP contribution in [0.2, 0.25) is 0 Å². The second kappa shape index (κ2) is 22.9. The number of aliphatic hydroxyl groups excluding tert-OH is 1. The number of carbonyl (C=O) groups is 4. The molecule has 0 fully saturated rings. The lowest BCUT2D eigenvalue weighted by atomic mass is 10.1. The number of carbonyl (C=O) groups excluding carboxylic acids is 4. The van der Waals surface area contributed by atoms with E-state index in [9.17, 15) is 24.3 Å². The van der Waals surface area contributed by atoms with Crippen molar-refractivity contribution in [1.82, 2.24) is 0 Å². The van der Waals surface area contributed by atoms with Crippen LogP contribution in [0.5, 0.6) is 23.0 Å². The molecule has 1 unspecified atom stereocenters. The van der Waals surface area contributed by atoms with Gasteiger partial charge in [0.05, 0.1) is 38.6 Å². The van der Waals surface area contributed by atoms with E-state index in [0.29, 0.717) is 62.6 Å². The molecule has 0 aliphatic rings. The van der Waals surface area contributed by atoms with Gasteiger partial charge in [-0.3, -0.25) is 0 Å². The molecule has 278 valence electrons. The van der Waals surface area contributed by atoms with E-state index in [1.54, 1.807) is 48.5 Å². The Morgan fingerprint density at radius 1 is 0.654 bits per heavy atom. The number of ether oxygens (including phenoxy) is 8. The Morgan fingerprint density at radius 2 is 1.19 bits per heavy atom. The molecule has 0 aliphatic heterocycles. The fraction of sp³-hybridized carbons (Fsp3) is 0.333. The Labute approximate surface area is 302 Å². The van der Waals surface area contributed by atoms with Crippen LogP contribution in [0.25, 0.3) is 0 Å². The number of esters is 4. The van der Waals surface area contributed by atoms with E-state index in [1.807, 2.05) is 6.92 Å². The summed E-state index contributed by atoms with van der Waals surface area (Å²) in [4.78, 5) is 48.2. The molecular weight excluding hydrogens is 676 g/mol. The summed E-state index contributed by atoms with van der Waals surface area (Å²) in [5.41, 5.74) is 0.542. The monoisotopic (exact) mass is 720 g/mol. The van der Waals surface area contributed by atoms with Gasteiger partial charge in [-0.05, 0) is 99.3 Å². The summed E-state index contributed by atoms with van der Waals surface area (Å²) in [7, 11) is 0. The Kier molecular flexibility index (Phi) is 18.0. The maximum absolute atomic E-state index is 13.1. The van der Waals surface area contributed by atoms with Crippen LogP contribution in [-0.2, 0) is 28.5 Å². The number of benzene rings is 3. The van der Waals surface area contributed by atoms with E-state index in [0.717, 1.165) is 12.2 Å². The third kappa shape index (κ3) is 14.7. The van der Waals surface area contributed by atoms with Gasteiger partial charge in [0, 0.05) is 24.3 Å². The summed E-state index contributed by atoms with van der Waals surface area (Å²) < 4.78 is 43.1. The second-order valence-corrected chi connectivity index (χ2v) is 10.8. The number of hydrogen-bond donors (Lipinski definition) is 1. The fourth-order valence-corrected chi connectivity index (χ4v) is 4.27. The number of unbranched alkanes of at least 4 members (excludes halogenated alkanes) is 2. The molecule has 3 aromatic carbocycles. The molecule has 1 atom stereocenters. The van der Waals surface area contributed by atoms with Crippen LogP contribution in [0.4, 0.5) is 0 Å². The molecule has 13 nitrogen and oxygen atoms in total. The molecule has 0 amide bonds. The minimum Gasteiger partial charge on any atom is -0.494 e. The van der Waals surface area contributed by atoms with Crippen LogP contribution in [-0.4, -0.2) is 75.2 Å². The maximum atomic E-state index is 13.1. The van der Waals surface area contributed by atoms with Crippen molar-refractivity contribution < 1.29 is 62.2 Å². The Morgan fingerprint density at radius 3 is 1.75 bits per heavy atom. The summed E-state index contributed by atoms with van der Waals surface area (Å²) >= 11 is 0. The summed E-state index contributed by atoms with van der Waals surface area (Å²) in [5.74, 6) is -1.26. The third-order valence-corrected chi connectivity index (χ3v) is 6.98. The molecule has 1 N–H and O–H groups in total. The molecule has 3 aromatic rings. The smallest absolute Gasteiger partial charge is 0.343 e. The Hall–Kier alpha value is -5.66. The Bertz CT molecular complexity index is 1600. The summed E-state index contributed by atoms with van der Waals surface area (Å²) in [6.07, 6.45) is 3.32. The van der Waals surface area contributed by atoms with Gasteiger partial charge < -0.3 is 43.0 Å². The first-order valence-corrected chi connectivity index (χ1v) is 16.7. The zero-order valence-corrected chi connectivity index (χ0v) is 29.1. The molecule has 0 radical (unpaired) electrons. The van der Waals surface area contributed by atoms with Gasteiger partial charge in [-0.25, -0.2) is 19.2 Å². The standard InChI is InChI=1S/C39H44O13/c1-4-35(40)48-23-9-7-21-46-30-15-11-28(12-16-30)37(42)51-32-19-20-34(33(27-32)39(44)50-26-25-45-6-3)52-38(43)29-13-17-31(18-14-29)47-22-8-10-24-49-36(41)5-2/h4-5,11-20,27,38,43H,1-2,6-10,21-26H2,3H3. The van der Waals surface area contributed by atoms with Crippen molar-refractivity contribution in [2.24, 2.45) is 0 Å². The highest BCUT2D eigenvalue weighted by Crippen LogP contribution is 2.30. The first kappa shape index (κ1) is 40.8. The molecule has 13 heteroatoms. The highest BCUT2D eigenvalue weighted by Gasteiger charge is 2.21. The van der Waals surface area contributed by atoms with Gasteiger partial charge in [0.2, 0.25) is 6.29 Å². The van der Waals surface area contributed by atoms with Crippen molar-refractivity contribution in [3.05, 3.63) is 109 Å². The molecule has 0 spiro atoms. The lowest BCUT2D eigenvalue weighted by Gasteiger charge is -2.17. The molecule has 0 bridgehead atoms. The first-order valence-electron chi connectivity index (χ1n) is 16.7. The number of hydrogen-bond acceptors (Lipinski definition) is 13. The van der Waals surface area contributed by atoms with Gasteiger partial charge in [-0.2, -0.15) is 0 Å². The molecule has 52 heavy (non-hydrogen) atoms. The molecule has 0 saturated heterocycles. The van der Waals surface area contributed by atoms with Gasteiger partial charge in [0.15, 0.2) is 0 Å². The number of rotatable bonds is 24. The Balaban J connectivity index is 1.59. The molecule has 3 rings (SSSR count). The van der Waals surface area contributed by atoms with E-state index >= 15 is 0 Å². The molecular formula is C39H44O13. The van der Waals surface area contributed by atoms with Crippen LogP contribution in [0.15, 0.2) is 92.0 Å². The van der Waals surface area contributed by atoms with Crippen molar-refractivity contribution in [3.8, 4) is 23.0 Å². The van der Waals surface area contributed by atoms with E-state index in [1.165, 1.54) is 18.2 Å². The van der Waals surface area contributed by atoms with Crippen LogP contribution >= 0.6 is 0 Å². The summed E-state index contributed by atoms with van der Waals surface area (Å²) in [6, 6.07) is 17.0. The van der Waals surface area contributed by atoms with Crippen molar-refractivity contribution in [3.63, 3.8) is 0 Å². The zero-order chi connectivity index (χ0) is 37.6. The lowest BCUT2D eigenvalue weighted by molar-refractivity contribution is -0.138. The minimum atomic E-state index is -1.47. The molecule has 0 aliphatic carbocycles. The van der Waals surface area contributed by atoms with Gasteiger partial charge in [-0.15, -0.1) is 0 Å². The quantitative estimate of drug-likeness (QED) is 0.0289. The molecule has 0 saturated carbocycles. The van der Waals surface area contributed by atoms with Crippen LogP contribution < -0.4 is 18.9 Å². The van der Waals surface area contributed by atoms with Crippen molar-refractivity contribution in [1.29, 1.82) is 0 Å². The number of aliphatic hydroxyl groups is 1. The second-order valence-electron chi connectivity index (χ2n) is 10.8. The normalized spacial score (nSPS) is 11.0. The van der Waals surface area contributed by atoms with E-state index < -0.39 is 30.2 Å². The highest BCUT2D eigenvalue weighted by atomic mass is 16.6. The van der Waals surface area contributed by atoms with Gasteiger partial charge in [0.25, 0.3) is 0 Å². The molecule has 0 heterocycles. The van der Waals surface area contributed by atoms with E-state index in [-0.39, 0.29) is 49.1 Å².